The van der Waals surface area contributed by atoms with Gasteiger partial charge >= 0.3 is 6.09 Å². The van der Waals surface area contributed by atoms with E-state index in [0.717, 1.165) is 25.0 Å². The zero-order valence-corrected chi connectivity index (χ0v) is 18.5. The van der Waals surface area contributed by atoms with E-state index in [-0.39, 0.29) is 6.61 Å². The molecule has 30 heavy (non-hydrogen) atoms. The van der Waals surface area contributed by atoms with Gasteiger partial charge in [0.2, 0.25) is 0 Å². The SMILES string of the molecule is CCCCCCCCOc1ccc(NC(=O)[C@](C)(C=O)NC(=O)OCCCC)cc1. The predicted molar refractivity (Wildman–Crippen MR) is 118 cm³/mol. The monoisotopic (exact) mass is 420 g/mol. The molecular formula is C23H36N2O5. The molecule has 1 atom stereocenters. The Labute approximate surface area is 179 Å². The molecule has 1 rings (SSSR count). The van der Waals surface area contributed by atoms with E-state index in [1.165, 1.54) is 32.6 Å². The van der Waals surface area contributed by atoms with Crippen molar-refractivity contribution in [2.45, 2.75) is 77.7 Å². The predicted octanol–water partition coefficient (Wildman–Crippen LogP) is 4.85. The highest BCUT2D eigenvalue weighted by Crippen LogP contribution is 2.17. The zero-order chi connectivity index (χ0) is 22.2. The van der Waals surface area contributed by atoms with Crippen molar-refractivity contribution in [3.63, 3.8) is 0 Å². The highest BCUT2D eigenvalue weighted by molar-refractivity contribution is 6.10. The largest absolute Gasteiger partial charge is 0.494 e. The van der Waals surface area contributed by atoms with E-state index in [1.54, 1.807) is 24.3 Å². The first-order valence-corrected chi connectivity index (χ1v) is 10.9. The summed E-state index contributed by atoms with van der Waals surface area (Å²) in [6.45, 7) is 6.39. The number of carbonyl (C=O) groups excluding carboxylic acids is 3. The van der Waals surface area contributed by atoms with E-state index < -0.39 is 17.5 Å². The molecular weight excluding hydrogens is 384 g/mol. The average molecular weight is 421 g/mol. The Bertz CT molecular complexity index is 647. The number of benzene rings is 1. The molecule has 1 aromatic carbocycles. The normalized spacial score (nSPS) is 12.5. The number of hydrogen-bond acceptors (Lipinski definition) is 5. The van der Waals surface area contributed by atoms with E-state index in [4.69, 9.17) is 9.47 Å². The van der Waals surface area contributed by atoms with E-state index in [0.29, 0.717) is 25.0 Å². The molecule has 7 nitrogen and oxygen atoms in total. The Morgan fingerprint density at radius 1 is 0.933 bits per heavy atom. The molecule has 0 heterocycles. The summed E-state index contributed by atoms with van der Waals surface area (Å²) >= 11 is 0. The second-order valence-electron chi connectivity index (χ2n) is 7.53. The lowest BCUT2D eigenvalue weighted by Gasteiger charge is -2.23. The van der Waals surface area contributed by atoms with Crippen LogP contribution in [-0.4, -0.2) is 37.0 Å². The maximum absolute atomic E-state index is 12.5. The van der Waals surface area contributed by atoms with Gasteiger partial charge in [-0.25, -0.2) is 4.79 Å². The number of anilines is 1. The lowest BCUT2D eigenvalue weighted by molar-refractivity contribution is -0.127. The average Bonchev–Trinajstić information content (AvgIpc) is 2.74. The van der Waals surface area contributed by atoms with Crippen molar-refractivity contribution in [2.75, 3.05) is 18.5 Å². The standard InChI is InChI=1S/C23H36N2O5/c1-4-6-8-9-10-11-17-29-20-14-12-19(13-15-20)24-21(27)23(3,18-26)25-22(28)30-16-7-5-2/h12-15,18H,4-11,16-17H2,1-3H3,(H,24,27)(H,25,28)/t23-/m0/s1. The molecule has 0 aliphatic heterocycles. The first kappa shape index (κ1) is 25.5. The molecule has 0 aliphatic rings. The third-order valence-electron chi connectivity index (χ3n) is 4.68. The fourth-order valence-electron chi connectivity index (χ4n) is 2.66. The van der Waals surface area contributed by atoms with Gasteiger partial charge in [-0.05, 0) is 44.0 Å². The lowest BCUT2D eigenvalue weighted by atomic mass is 10.0. The molecule has 0 aliphatic carbocycles. The molecule has 2 N–H and O–H groups in total. The molecule has 168 valence electrons. The van der Waals surface area contributed by atoms with Crippen LogP contribution in [0.5, 0.6) is 5.75 Å². The smallest absolute Gasteiger partial charge is 0.408 e. The van der Waals surface area contributed by atoms with Crippen molar-refractivity contribution in [3.8, 4) is 5.75 Å². The van der Waals surface area contributed by atoms with Gasteiger partial charge in [-0.3, -0.25) is 4.79 Å². The molecule has 0 radical (unpaired) electrons. The van der Waals surface area contributed by atoms with Crippen LogP contribution in [0.3, 0.4) is 0 Å². The molecule has 0 saturated heterocycles. The summed E-state index contributed by atoms with van der Waals surface area (Å²) in [6.07, 6.45) is 8.38. The van der Waals surface area contributed by atoms with Crippen molar-refractivity contribution >= 4 is 24.0 Å². The van der Waals surface area contributed by atoms with Gasteiger partial charge in [0.05, 0.1) is 13.2 Å². The van der Waals surface area contributed by atoms with E-state index in [2.05, 4.69) is 17.6 Å². The van der Waals surface area contributed by atoms with Gasteiger partial charge < -0.3 is 24.9 Å². The van der Waals surface area contributed by atoms with Gasteiger partial charge in [-0.15, -0.1) is 0 Å². The van der Waals surface area contributed by atoms with Crippen molar-refractivity contribution < 1.29 is 23.9 Å². The second kappa shape index (κ2) is 14.4. The van der Waals surface area contributed by atoms with Crippen LogP contribution in [0.4, 0.5) is 10.5 Å². The van der Waals surface area contributed by atoms with E-state index in [9.17, 15) is 14.4 Å². The third kappa shape index (κ3) is 9.76. The maximum Gasteiger partial charge on any atom is 0.408 e. The van der Waals surface area contributed by atoms with Crippen molar-refractivity contribution in [2.24, 2.45) is 0 Å². The molecule has 0 bridgehead atoms. The zero-order valence-electron chi connectivity index (χ0n) is 18.5. The summed E-state index contributed by atoms with van der Waals surface area (Å²) in [5, 5.41) is 4.95. The van der Waals surface area contributed by atoms with Crippen molar-refractivity contribution in [1.82, 2.24) is 5.32 Å². The Kier molecular flexibility index (Phi) is 12.2. The molecule has 0 unspecified atom stereocenters. The Morgan fingerprint density at radius 2 is 1.57 bits per heavy atom. The molecule has 2 amide bonds. The number of amides is 2. The van der Waals surface area contributed by atoms with Crippen LogP contribution in [0.25, 0.3) is 0 Å². The minimum Gasteiger partial charge on any atom is -0.494 e. The summed E-state index contributed by atoms with van der Waals surface area (Å²) < 4.78 is 10.7. The highest BCUT2D eigenvalue weighted by Gasteiger charge is 2.35. The van der Waals surface area contributed by atoms with Gasteiger partial charge in [-0.2, -0.15) is 0 Å². The number of carbonyl (C=O) groups is 3. The van der Waals surface area contributed by atoms with E-state index >= 15 is 0 Å². The number of alkyl carbamates (subject to hydrolysis) is 1. The van der Waals surface area contributed by atoms with Crippen LogP contribution in [0.15, 0.2) is 24.3 Å². The quantitative estimate of drug-likeness (QED) is 0.240. The van der Waals surface area contributed by atoms with Gasteiger partial charge in [0.25, 0.3) is 5.91 Å². The fraction of sp³-hybridized carbons (Fsp3) is 0.609. The number of unbranched alkanes of at least 4 members (excludes halogenated alkanes) is 6. The molecule has 1 aromatic rings. The summed E-state index contributed by atoms with van der Waals surface area (Å²) in [5.74, 6) is 0.0722. The second-order valence-corrected chi connectivity index (χ2v) is 7.53. The third-order valence-corrected chi connectivity index (χ3v) is 4.68. The van der Waals surface area contributed by atoms with Crippen molar-refractivity contribution in [1.29, 1.82) is 0 Å². The van der Waals surface area contributed by atoms with Crippen LogP contribution in [0.2, 0.25) is 0 Å². The number of aldehydes is 1. The summed E-state index contributed by atoms with van der Waals surface area (Å²) in [7, 11) is 0. The van der Waals surface area contributed by atoms with Crippen LogP contribution in [-0.2, 0) is 14.3 Å². The fourth-order valence-corrected chi connectivity index (χ4v) is 2.66. The topological polar surface area (TPSA) is 93.7 Å². The Hall–Kier alpha value is -2.57. The number of rotatable bonds is 15. The Morgan fingerprint density at radius 3 is 2.20 bits per heavy atom. The van der Waals surface area contributed by atoms with Crippen LogP contribution in [0, 0.1) is 0 Å². The van der Waals surface area contributed by atoms with Crippen LogP contribution in [0.1, 0.15) is 72.1 Å². The summed E-state index contributed by atoms with van der Waals surface area (Å²) in [6, 6.07) is 6.91. The molecule has 0 aromatic heterocycles. The number of ether oxygens (including phenoxy) is 2. The van der Waals surface area contributed by atoms with Gasteiger partial charge in [-0.1, -0.05) is 52.4 Å². The van der Waals surface area contributed by atoms with Gasteiger partial charge in [0.1, 0.15) is 5.75 Å². The molecule has 0 spiro atoms. The minimum atomic E-state index is -1.73. The first-order valence-electron chi connectivity index (χ1n) is 10.9. The van der Waals surface area contributed by atoms with Crippen molar-refractivity contribution in [3.05, 3.63) is 24.3 Å². The van der Waals surface area contributed by atoms with Gasteiger partial charge in [0.15, 0.2) is 11.8 Å². The van der Waals surface area contributed by atoms with Crippen LogP contribution < -0.4 is 15.4 Å². The molecule has 0 fully saturated rings. The Balaban J connectivity index is 2.46. The summed E-state index contributed by atoms with van der Waals surface area (Å²) in [5.41, 5.74) is -1.22. The lowest BCUT2D eigenvalue weighted by Crippen LogP contribution is -2.56. The van der Waals surface area contributed by atoms with Gasteiger partial charge in [0, 0.05) is 5.69 Å². The maximum atomic E-state index is 12.5. The molecule has 0 saturated carbocycles. The van der Waals surface area contributed by atoms with E-state index in [1.807, 2.05) is 6.92 Å². The highest BCUT2D eigenvalue weighted by atomic mass is 16.5. The number of hydrogen-bond donors (Lipinski definition) is 2. The van der Waals surface area contributed by atoms with Crippen LogP contribution >= 0.6 is 0 Å². The number of nitrogens with one attached hydrogen (secondary N) is 2. The minimum absolute atomic E-state index is 0.235. The molecule has 7 heteroatoms. The first-order chi connectivity index (χ1) is 14.4. The summed E-state index contributed by atoms with van der Waals surface area (Å²) in [4.78, 5) is 35.8.